The van der Waals surface area contributed by atoms with Gasteiger partial charge in [-0.15, -0.1) is 0 Å². The number of benzene rings is 2. The van der Waals surface area contributed by atoms with Crippen molar-refractivity contribution in [3.05, 3.63) is 62.7 Å². The molecular weight excluding hydrogens is 475 g/mol. The van der Waals surface area contributed by atoms with Gasteiger partial charge in [-0.3, -0.25) is 14.9 Å². The van der Waals surface area contributed by atoms with Crippen LogP contribution in [0.1, 0.15) is 15.9 Å². The van der Waals surface area contributed by atoms with Crippen LogP contribution >= 0.6 is 11.6 Å². The fourth-order valence-corrected chi connectivity index (χ4v) is 4.67. The highest BCUT2D eigenvalue weighted by Crippen LogP contribution is 2.37. The highest BCUT2D eigenvalue weighted by Gasteiger charge is 2.34. The number of nitrogens with zero attached hydrogens (tertiary/aromatic N) is 3. The van der Waals surface area contributed by atoms with E-state index in [-0.39, 0.29) is 47.3 Å². The summed E-state index contributed by atoms with van der Waals surface area (Å²) in [4.78, 5) is 26.0. The summed E-state index contributed by atoms with van der Waals surface area (Å²) in [5.41, 5.74) is -1.65. The molecule has 1 saturated heterocycles. The first-order chi connectivity index (χ1) is 14.8. The minimum atomic E-state index is -4.71. The zero-order valence-electron chi connectivity index (χ0n) is 16.6. The van der Waals surface area contributed by atoms with Crippen LogP contribution in [0.5, 0.6) is 0 Å². The average molecular weight is 492 g/mol. The number of amides is 1. The summed E-state index contributed by atoms with van der Waals surface area (Å²) in [7, 11) is -3.65. The van der Waals surface area contributed by atoms with E-state index in [9.17, 15) is 36.5 Å². The SMILES string of the molecule is CS(=O)(=O)c1cc(C(=O)N2CCN(c3ccc(C(F)(F)F)cc3[N+](=O)[O-])CC2)ccc1Cl. The molecule has 0 N–H and O–H groups in total. The molecule has 2 aromatic rings. The third-order valence-electron chi connectivity index (χ3n) is 4.98. The quantitative estimate of drug-likeness (QED) is 0.478. The number of halogens is 4. The van der Waals surface area contributed by atoms with Crippen LogP contribution < -0.4 is 4.90 Å². The van der Waals surface area contributed by atoms with Gasteiger partial charge in [0.15, 0.2) is 9.84 Å². The molecule has 8 nitrogen and oxygen atoms in total. The zero-order valence-corrected chi connectivity index (χ0v) is 18.2. The number of hydrogen-bond acceptors (Lipinski definition) is 6. The lowest BCUT2D eigenvalue weighted by molar-refractivity contribution is -0.384. The lowest BCUT2D eigenvalue weighted by Crippen LogP contribution is -2.49. The average Bonchev–Trinajstić information content (AvgIpc) is 2.71. The summed E-state index contributed by atoms with van der Waals surface area (Å²) in [6.45, 7) is 0.552. The number of rotatable bonds is 4. The Kier molecular flexibility index (Phi) is 6.38. The minimum Gasteiger partial charge on any atom is -0.362 e. The first-order valence-corrected chi connectivity index (χ1v) is 11.5. The second-order valence-corrected chi connectivity index (χ2v) is 9.55. The number of anilines is 1. The number of carbonyl (C=O) groups is 1. The summed E-state index contributed by atoms with van der Waals surface area (Å²) in [5, 5.41) is 11.3. The number of hydrogen-bond donors (Lipinski definition) is 0. The Balaban J connectivity index is 1.79. The second-order valence-electron chi connectivity index (χ2n) is 7.15. The van der Waals surface area contributed by atoms with E-state index in [4.69, 9.17) is 11.6 Å². The van der Waals surface area contributed by atoms with Gasteiger partial charge >= 0.3 is 6.18 Å². The maximum absolute atomic E-state index is 12.9. The highest BCUT2D eigenvalue weighted by atomic mass is 35.5. The molecule has 1 heterocycles. The summed E-state index contributed by atoms with van der Waals surface area (Å²) in [5.74, 6) is -0.451. The summed E-state index contributed by atoms with van der Waals surface area (Å²) in [6, 6.07) is 6.22. The standard InChI is InChI=1S/C19H17ClF3N3O5S/c1-32(30,31)17-10-12(2-4-14(17)20)18(27)25-8-6-24(7-9-25)15-5-3-13(19(21,22)23)11-16(15)26(28)29/h2-5,10-11H,6-9H2,1H3. The van der Waals surface area contributed by atoms with Crippen molar-refractivity contribution in [1.29, 1.82) is 0 Å². The van der Waals surface area contributed by atoms with Crippen LogP contribution in [-0.2, 0) is 16.0 Å². The number of piperazine rings is 1. The molecule has 13 heteroatoms. The van der Waals surface area contributed by atoms with Gasteiger partial charge in [0.05, 0.1) is 20.4 Å². The van der Waals surface area contributed by atoms with Gasteiger partial charge in [-0.1, -0.05) is 11.6 Å². The fourth-order valence-electron chi connectivity index (χ4n) is 3.37. The number of nitro groups is 1. The van der Waals surface area contributed by atoms with Crippen molar-refractivity contribution in [1.82, 2.24) is 4.90 Å². The summed E-state index contributed by atoms with van der Waals surface area (Å²) < 4.78 is 62.4. The molecule has 0 aromatic heterocycles. The predicted molar refractivity (Wildman–Crippen MR) is 111 cm³/mol. The van der Waals surface area contributed by atoms with Gasteiger partial charge in [0.2, 0.25) is 0 Å². The molecule has 1 amide bonds. The van der Waals surface area contributed by atoms with Crippen molar-refractivity contribution in [3.63, 3.8) is 0 Å². The van der Waals surface area contributed by atoms with Gasteiger partial charge in [-0.2, -0.15) is 13.2 Å². The van der Waals surface area contributed by atoms with Crippen LogP contribution in [-0.4, -0.2) is 56.6 Å². The number of carbonyl (C=O) groups excluding carboxylic acids is 1. The Morgan fingerprint density at radius 3 is 2.25 bits per heavy atom. The Bertz CT molecular complexity index is 1180. The molecule has 1 fully saturated rings. The van der Waals surface area contributed by atoms with E-state index in [1.165, 1.54) is 28.0 Å². The normalized spacial score (nSPS) is 15.0. The van der Waals surface area contributed by atoms with Crippen molar-refractivity contribution >= 4 is 38.7 Å². The van der Waals surface area contributed by atoms with E-state index in [0.29, 0.717) is 6.07 Å². The third kappa shape index (κ3) is 4.96. The van der Waals surface area contributed by atoms with Crippen molar-refractivity contribution in [2.24, 2.45) is 0 Å². The van der Waals surface area contributed by atoms with Crippen LogP contribution in [0.15, 0.2) is 41.3 Å². The van der Waals surface area contributed by atoms with Gasteiger partial charge in [0.1, 0.15) is 5.69 Å². The van der Waals surface area contributed by atoms with Crippen LogP contribution in [0.3, 0.4) is 0 Å². The molecule has 0 aliphatic carbocycles. The van der Waals surface area contributed by atoms with Gasteiger partial charge in [0.25, 0.3) is 11.6 Å². The Morgan fingerprint density at radius 1 is 1.09 bits per heavy atom. The van der Waals surface area contributed by atoms with E-state index in [1.807, 2.05) is 0 Å². The molecule has 172 valence electrons. The van der Waals surface area contributed by atoms with Crippen LogP contribution in [0.25, 0.3) is 0 Å². The van der Waals surface area contributed by atoms with Crippen LogP contribution in [0.4, 0.5) is 24.5 Å². The van der Waals surface area contributed by atoms with Crippen molar-refractivity contribution in [3.8, 4) is 0 Å². The van der Waals surface area contributed by atoms with E-state index in [2.05, 4.69) is 0 Å². The first kappa shape index (κ1) is 23.8. The number of nitro benzene ring substituents is 1. The van der Waals surface area contributed by atoms with Gasteiger partial charge in [-0.25, -0.2) is 8.42 Å². The highest BCUT2D eigenvalue weighted by molar-refractivity contribution is 7.90. The molecule has 1 aliphatic rings. The minimum absolute atomic E-state index is 0.0107. The summed E-state index contributed by atoms with van der Waals surface area (Å²) >= 11 is 5.90. The lowest BCUT2D eigenvalue weighted by atomic mass is 10.1. The van der Waals surface area contributed by atoms with Gasteiger partial charge < -0.3 is 9.80 Å². The molecule has 32 heavy (non-hydrogen) atoms. The smallest absolute Gasteiger partial charge is 0.362 e. The molecular formula is C19H17ClF3N3O5S. The number of sulfone groups is 1. The molecule has 0 bridgehead atoms. The van der Waals surface area contributed by atoms with Crippen LogP contribution in [0, 0.1) is 10.1 Å². The topological polar surface area (TPSA) is 101 Å². The molecule has 0 unspecified atom stereocenters. The molecule has 2 aromatic carbocycles. The second kappa shape index (κ2) is 8.58. The molecule has 0 saturated carbocycles. The third-order valence-corrected chi connectivity index (χ3v) is 6.56. The van der Waals surface area contributed by atoms with Crippen LogP contribution in [0.2, 0.25) is 5.02 Å². The van der Waals surface area contributed by atoms with Gasteiger partial charge in [-0.05, 0) is 30.3 Å². The van der Waals surface area contributed by atoms with E-state index < -0.39 is 38.1 Å². The predicted octanol–water partition coefficient (Wildman–Crippen LogP) is 3.63. The van der Waals surface area contributed by atoms with Crippen molar-refractivity contribution < 1.29 is 31.3 Å². The number of alkyl halides is 3. The summed E-state index contributed by atoms with van der Waals surface area (Å²) in [6.07, 6.45) is -3.74. The Morgan fingerprint density at radius 2 is 1.72 bits per heavy atom. The Hall–Kier alpha value is -2.86. The van der Waals surface area contributed by atoms with E-state index in [0.717, 1.165) is 18.4 Å². The lowest BCUT2D eigenvalue weighted by Gasteiger charge is -2.36. The van der Waals surface area contributed by atoms with E-state index in [1.54, 1.807) is 0 Å². The van der Waals surface area contributed by atoms with Crippen molar-refractivity contribution in [2.45, 2.75) is 11.1 Å². The first-order valence-electron chi connectivity index (χ1n) is 9.18. The monoisotopic (exact) mass is 491 g/mol. The molecule has 0 radical (unpaired) electrons. The maximum atomic E-state index is 12.9. The molecule has 1 aliphatic heterocycles. The van der Waals surface area contributed by atoms with E-state index >= 15 is 0 Å². The van der Waals surface area contributed by atoms with Gasteiger partial charge in [0, 0.05) is 44.1 Å². The fraction of sp³-hybridized carbons (Fsp3) is 0.316. The zero-order chi connectivity index (χ0) is 23.8. The largest absolute Gasteiger partial charge is 0.416 e. The Labute approximate surface area is 186 Å². The molecule has 3 rings (SSSR count). The maximum Gasteiger partial charge on any atom is 0.416 e. The van der Waals surface area contributed by atoms with Crippen molar-refractivity contribution in [2.75, 3.05) is 37.3 Å². The molecule has 0 spiro atoms. The molecule has 0 atom stereocenters.